The highest BCUT2D eigenvalue weighted by Gasteiger charge is 2.20. The first-order valence-corrected chi connectivity index (χ1v) is 7.31. The Morgan fingerprint density at radius 2 is 1.95 bits per heavy atom. The SMILES string of the molecule is COc1ccc(CCN2CCC(CC(N)=O)CC2)cc1. The van der Waals surface area contributed by atoms with Crippen molar-refractivity contribution in [3.63, 3.8) is 0 Å². The van der Waals surface area contributed by atoms with E-state index < -0.39 is 0 Å². The van der Waals surface area contributed by atoms with Crippen LogP contribution in [0.15, 0.2) is 24.3 Å². The zero-order chi connectivity index (χ0) is 14.4. The molecular weight excluding hydrogens is 252 g/mol. The Bertz CT molecular complexity index is 423. The van der Waals surface area contributed by atoms with Crippen LogP contribution in [0.25, 0.3) is 0 Å². The number of nitrogens with two attached hydrogens (primary N) is 1. The number of likely N-dealkylation sites (tertiary alicyclic amines) is 1. The van der Waals surface area contributed by atoms with Gasteiger partial charge in [-0.3, -0.25) is 4.79 Å². The van der Waals surface area contributed by atoms with Crippen LogP contribution < -0.4 is 10.5 Å². The zero-order valence-corrected chi connectivity index (χ0v) is 12.2. The van der Waals surface area contributed by atoms with Gasteiger partial charge in [0, 0.05) is 13.0 Å². The topological polar surface area (TPSA) is 55.6 Å². The van der Waals surface area contributed by atoms with Gasteiger partial charge >= 0.3 is 0 Å². The molecule has 4 nitrogen and oxygen atoms in total. The lowest BCUT2D eigenvalue weighted by Gasteiger charge is -2.31. The van der Waals surface area contributed by atoms with Gasteiger partial charge in [-0.15, -0.1) is 0 Å². The molecule has 20 heavy (non-hydrogen) atoms. The Hall–Kier alpha value is -1.55. The molecular formula is C16H24N2O2. The maximum absolute atomic E-state index is 10.9. The first-order chi connectivity index (χ1) is 9.67. The number of methoxy groups -OCH3 is 1. The average molecular weight is 276 g/mol. The summed E-state index contributed by atoms with van der Waals surface area (Å²) in [5, 5.41) is 0. The number of piperidine rings is 1. The fourth-order valence-corrected chi connectivity index (χ4v) is 2.78. The molecule has 1 saturated heterocycles. The fourth-order valence-electron chi connectivity index (χ4n) is 2.78. The highest BCUT2D eigenvalue weighted by molar-refractivity contribution is 5.73. The molecule has 0 unspecified atom stereocenters. The molecule has 0 saturated carbocycles. The standard InChI is InChI=1S/C16H24N2O2/c1-20-15-4-2-13(3-5-15)6-9-18-10-7-14(8-11-18)12-16(17)19/h2-5,14H,6-12H2,1H3,(H2,17,19). The molecule has 1 heterocycles. The van der Waals surface area contributed by atoms with Crippen molar-refractivity contribution in [3.05, 3.63) is 29.8 Å². The van der Waals surface area contributed by atoms with Gasteiger partial charge in [-0.25, -0.2) is 0 Å². The van der Waals surface area contributed by atoms with Crippen LogP contribution >= 0.6 is 0 Å². The number of primary amides is 1. The first kappa shape index (κ1) is 14.9. The summed E-state index contributed by atoms with van der Waals surface area (Å²) >= 11 is 0. The van der Waals surface area contributed by atoms with E-state index in [2.05, 4.69) is 17.0 Å². The van der Waals surface area contributed by atoms with Crippen molar-refractivity contribution in [1.29, 1.82) is 0 Å². The second-order valence-electron chi connectivity index (χ2n) is 5.55. The summed E-state index contributed by atoms with van der Waals surface area (Å²) in [7, 11) is 1.69. The van der Waals surface area contributed by atoms with E-state index in [1.165, 1.54) is 5.56 Å². The number of hydrogen-bond acceptors (Lipinski definition) is 3. The molecule has 0 radical (unpaired) electrons. The first-order valence-electron chi connectivity index (χ1n) is 7.31. The van der Waals surface area contributed by atoms with Crippen LogP contribution in [0.5, 0.6) is 5.75 Å². The Kier molecular flexibility index (Phi) is 5.41. The highest BCUT2D eigenvalue weighted by Crippen LogP contribution is 2.20. The minimum absolute atomic E-state index is 0.165. The molecule has 4 heteroatoms. The molecule has 0 aliphatic carbocycles. The molecule has 0 atom stereocenters. The quantitative estimate of drug-likeness (QED) is 0.862. The van der Waals surface area contributed by atoms with Gasteiger partial charge in [0.05, 0.1) is 7.11 Å². The lowest BCUT2D eigenvalue weighted by molar-refractivity contribution is -0.119. The summed E-state index contributed by atoms with van der Waals surface area (Å²) in [5.41, 5.74) is 6.59. The van der Waals surface area contributed by atoms with Crippen LogP contribution in [0.3, 0.4) is 0 Å². The van der Waals surface area contributed by atoms with Gasteiger partial charge in [0.2, 0.25) is 5.91 Å². The molecule has 1 aliphatic heterocycles. The summed E-state index contributed by atoms with van der Waals surface area (Å²) in [4.78, 5) is 13.4. The van der Waals surface area contributed by atoms with Crippen molar-refractivity contribution in [1.82, 2.24) is 4.90 Å². The lowest BCUT2D eigenvalue weighted by Crippen LogP contribution is -2.36. The van der Waals surface area contributed by atoms with Crippen LogP contribution in [0, 0.1) is 5.92 Å². The third-order valence-corrected chi connectivity index (χ3v) is 4.07. The van der Waals surface area contributed by atoms with Gasteiger partial charge in [-0.05, 0) is 56.0 Å². The van der Waals surface area contributed by atoms with E-state index in [1.54, 1.807) is 7.11 Å². The van der Waals surface area contributed by atoms with Gasteiger partial charge in [0.25, 0.3) is 0 Å². The van der Waals surface area contributed by atoms with E-state index in [0.29, 0.717) is 12.3 Å². The second-order valence-corrected chi connectivity index (χ2v) is 5.55. The summed E-state index contributed by atoms with van der Waals surface area (Å²) in [6.45, 7) is 3.23. The molecule has 0 bridgehead atoms. The summed E-state index contributed by atoms with van der Waals surface area (Å²) in [5.74, 6) is 1.23. The van der Waals surface area contributed by atoms with E-state index in [4.69, 9.17) is 10.5 Å². The fraction of sp³-hybridized carbons (Fsp3) is 0.562. The molecule has 1 fully saturated rings. The van der Waals surface area contributed by atoms with E-state index in [9.17, 15) is 4.79 Å². The number of benzene rings is 1. The summed E-state index contributed by atoms with van der Waals surface area (Å²) < 4.78 is 5.16. The predicted octanol–water partition coefficient (Wildman–Crippen LogP) is 1.83. The lowest BCUT2D eigenvalue weighted by atomic mass is 9.93. The third kappa shape index (κ3) is 4.53. The monoisotopic (exact) mass is 276 g/mol. The van der Waals surface area contributed by atoms with E-state index in [-0.39, 0.29) is 5.91 Å². The number of hydrogen-bond donors (Lipinski definition) is 1. The third-order valence-electron chi connectivity index (χ3n) is 4.07. The average Bonchev–Trinajstić information content (AvgIpc) is 2.46. The maximum Gasteiger partial charge on any atom is 0.217 e. The summed E-state index contributed by atoms with van der Waals surface area (Å²) in [6, 6.07) is 8.26. The Labute approximate surface area is 120 Å². The number of rotatable bonds is 6. The van der Waals surface area contributed by atoms with Gasteiger partial charge < -0.3 is 15.4 Å². The maximum atomic E-state index is 10.9. The van der Waals surface area contributed by atoms with Crippen molar-refractivity contribution in [2.45, 2.75) is 25.7 Å². The van der Waals surface area contributed by atoms with E-state index >= 15 is 0 Å². The zero-order valence-electron chi connectivity index (χ0n) is 12.2. The van der Waals surface area contributed by atoms with E-state index in [1.807, 2.05) is 12.1 Å². The molecule has 0 spiro atoms. The Morgan fingerprint density at radius 3 is 2.50 bits per heavy atom. The van der Waals surface area contributed by atoms with Crippen molar-refractivity contribution in [2.24, 2.45) is 11.7 Å². The van der Waals surface area contributed by atoms with Crippen molar-refractivity contribution >= 4 is 5.91 Å². The van der Waals surface area contributed by atoms with Crippen LogP contribution in [0.2, 0.25) is 0 Å². The van der Waals surface area contributed by atoms with Crippen LogP contribution in [-0.2, 0) is 11.2 Å². The smallest absolute Gasteiger partial charge is 0.217 e. The number of amides is 1. The van der Waals surface area contributed by atoms with Gasteiger partial charge in [-0.1, -0.05) is 12.1 Å². The molecule has 2 N–H and O–H groups in total. The van der Waals surface area contributed by atoms with Gasteiger partial charge in [0.1, 0.15) is 5.75 Å². The van der Waals surface area contributed by atoms with E-state index in [0.717, 1.165) is 44.6 Å². The van der Waals surface area contributed by atoms with Crippen molar-refractivity contribution < 1.29 is 9.53 Å². The van der Waals surface area contributed by atoms with Crippen LogP contribution in [0.1, 0.15) is 24.8 Å². The van der Waals surface area contributed by atoms with Crippen LogP contribution in [0.4, 0.5) is 0 Å². The molecule has 1 amide bonds. The van der Waals surface area contributed by atoms with Crippen LogP contribution in [-0.4, -0.2) is 37.6 Å². The molecule has 1 aliphatic rings. The molecule has 110 valence electrons. The number of carbonyl (C=O) groups is 1. The molecule has 1 aromatic carbocycles. The molecule has 1 aromatic rings. The van der Waals surface area contributed by atoms with Gasteiger partial charge in [0.15, 0.2) is 0 Å². The predicted molar refractivity (Wildman–Crippen MR) is 79.7 cm³/mol. The number of carbonyl (C=O) groups excluding carboxylic acids is 1. The van der Waals surface area contributed by atoms with Crippen molar-refractivity contribution in [2.75, 3.05) is 26.7 Å². The minimum Gasteiger partial charge on any atom is -0.497 e. The highest BCUT2D eigenvalue weighted by atomic mass is 16.5. The molecule has 2 rings (SSSR count). The Balaban J connectivity index is 1.71. The summed E-state index contributed by atoms with van der Waals surface area (Å²) in [6.07, 6.45) is 3.79. The second kappa shape index (κ2) is 7.29. The largest absolute Gasteiger partial charge is 0.497 e. The Morgan fingerprint density at radius 1 is 1.30 bits per heavy atom. The van der Waals surface area contributed by atoms with Crippen molar-refractivity contribution in [3.8, 4) is 5.75 Å². The number of nitrogens with zero attached hydrogens (tertiary/aromatic N) is 1. The molecule has 0 aromatic heterocycles. The number of ether oxygens (including phenoxy) is 1. The normalized spacial score (nSPS) is 17.1. The van der Waals surface area contributed by atoms with Gasteiger partial charge in [-0.2, -0.15) is 0 Å². The minimum atomic E-state index is -0.165.